The van der Waals surface area contributed by atoms with E-state index in [4.69, 9.17) is 4.74 Å². The standard InChI is InChI=1S/C20H20N2O3S/c1-15-9-10-19(16(2)12-15)26(23,24)22-14-17-6-5-7-18(13-17)25-20-8-3-4-11-21-20/h3-13,22H,14H2,1-2H3. The van der Waals surface area contributed by atoms with Gasteiger partial charge in [-0.3, -0.25) is 0 Å². The van der Waals surface area contributed by atoms with Gasteiger partial charge in [-0.05, 0) is 49.2 Å². The highest BCUT2D eigenvalue weighted by molar-refractivity contribution is 7.89. The van der Waals surface area contributed by atoms with Crippen molar-refractivity contribution < 1.29 is 13.2 Å². The summed E-state index contributed by atoms with van der Waals surface area (Å²) in [5.74, 6) is 1.09. The maximum absolute atomic E-state index is 12.6. The minimum Gasteiger partial charge on any atom is -0.439 e. The first-order valence-electron chi connectivity index (χ1n) is 8.19. The van der Waals surface area contributed by atoms with E-state index in [2.05, 4.69) is 9.71 Å². The molecule has 0 bridgehead atoms. The molecule has 3 aromatic rings. The van der Waals surface area contributed by atoms with Gasteiger partial charge in [-0.2, -0.15) is 0 Å². The Morgan fingerprint density at radius 3 is 2.58 bits per heavy atom. The second-order valence-electron chi connectivity index (χ2n) is 6.01. The van der Waals surface area contributed by atoms with Crippen molar-refractivity contribution >= 4 is 10.0 Å². The molecule has 0 amide bonds. The van der Waals surface area contributed by atoms with Gasteiger partial charge in [0.05, 0.1) is 4.90 Å². The van der Waals surface area contributed by atoms with Gasteiger partial charge >= 0.3 is 0 Å². The molecular formula is C20H20N2O3S. The fourth-order valence-electron chi connectivity index (χ4n) is 2.60. The molecule has 0 atom stereocenters. The summed E-state index contributed by atoms with van der Waals surface area (Å²) in [5, 5.41) is 0. The maximum atomic E-state index is 12.6. The van der Waals surface area contributed by atoms with Crippen molar-refractivity contribution in [3.05, 3.63) is 83.6 Å². The molecule has 0 aliphatic rings. The van der Waals surface area contributed by atoms with Gasteiger partial charge in [0, 0.05) is 18.8 Å². The number of nitrogens with zero attached hydrogens (tertiary/aromatic N) is 1. The molecular weight excluding hydrogens is 348 g/mol. The molecule has 26 heavy (non-hydrogen) atoms. The fraction of sp³-hybridized carbons (Fsp3) is 0.150. The van der Waals surface area contributed by atoms with Crippen molar-refractivity contribution in [2.24, 2.45) is 0 Å². The van der Waals surface area contributed by atoms with Crippen molar-refractivity contribution in [1.29, 1.82) is 0 Å². The number of hydrogen-bond donors (Lipinski definition) is 1. The van der Waals surface area contributed by atoms with Gasteiger partial charge in [0.1, 0.15) is 5.75 Å². The van der Waals surface area contributed by atoms with Gasteiger partial charge in [-0.15, -0.1) is 0 Å². The number of hydrogen-bond acceptors (Lipinski definition) is 4. The van der Waals surface area contributed by atoms with Crippen LogP contribution < -0.4 is 9.46 Å². The molecule has 6 heteroatoms. The highest BCUT2D eigenvalue weighted by atomic mass is 32.2. The van der Waals surface area contributed by atoms with Gasteiger partial charge in [0.15, 0.2) is 0 Å². The molecule has 0 unspecified atom stereocenters. The highest BCUT2D eigenvalue weighted by Gasteiger charge is 2.16. The van der Waals surface area contributed by atoms with Gasteiger partial charge in [0.2, 0.25) is 15.9 Å². The van der Waals surface area contributed by atoms with Crippen LogP contribution in [0.1, 0.15) is 16.7 Å². The molecule has 0 saturated carbocycles. The van der Waals surface area contributed by atoms with E-state index >= 15 is 0 Å². The van der Waals surface area contributed by atoms with Crippen LogP contribution in [0.5, 0.6) is 11.6 Å². The van der Waals surface area contributed by atoms with E-state index in [-0.39, 0.29) is 6.54 Å². The van der Waals surface area contributed by atoms with Crippen molar-refractivity contribution in [2.75, 3.05) is 0 Å². The van der Waals surface area contributed by atoms with Crippen molar-refractivity contribution in [3.63, 3.8) is 0 Å². The second-order valence-corrected chi connectivity index (χ2v) is 7.75. The van der Waals surface area contributed by atoms with Crippen molar-refractivity contribution in [3.8, 4) is 11.6 Å². The van der Waals surface area contributed by atoms with Crippen LogP contribution in [-0.2, 0) is 16.6 Å². The summed E-state index contributed by atoms with van der Waals surface area (Å²) in [6.07, 6.45) is 1.65. The minimum absolute atomic E-state index is 0.176. The van der Waals surface area contributed by atoms with Crippen LogP contribution in [0, 0.1) is 13.8 Å². The Morgan fingerprint density at radius 2 is 1.85 bits per heavy atom. The molecule has 2 aromatic carbocycles. The fourth-order valence-corrected chi connectivity index (χ4v) is 3.85. The summed E-state index contributed by atoms with van der Waals surface area (Å²) in [6, 6.07) is 17.9. The van der Waals surface area contributed by atoms with Crippen LogP contribution in [0.2, 0.25) is 0 Å². The summed E-state index contributed by atoms with van der Waals surface area (Å²) in [5.41, 5.74) is 2.55. The average Bonchev–Trinajstić information content (AvgIpc) is 2.61. The van der Waals surface area contributed by atoms with E-state index in [1.807, 2.05) is 37.3 Å². The molecule has 1 N–H and O–H groups in total. The zero-order valence-corrected chi connectivity index (χ0v) is 15.5. The van der Waals surface area contributed by atoms with Gasteiger partial charge in [-0.1, -0.05) is 35.9 Å². The Morgan fingerprint density at radius 1 is 1.00 bits per heavy atom. The van der Waals surface area contributed by atoms with Crippen LogP contribution in [0.25, 0.3) is 0 Å². The number of pyridine rings is 1. The Balaban J connectivity index is 1.72. The second kappa shape index (κ2) is 7.68. The lowest BCUT2D eigenvalue weighted by Gasteiger charge is -2.11. The Kier molecular flexibility index (Phi) is 5.35. The molecule has 1 aromatic heterocycles. The summed E-state index contributed by atoms with van der Waals surface area (Å²) in [4.78, 5) is 4.41. The van der Waals surface area contributed by atoms with Crippen LogP contribution in [0.15, 0.2) is 71.8 Å². The number of ether oxygens (including phenoxy) is 1. The maximum Gasteiger partial charge on any atom is 0.241 e. The van der Waals surface area contributed by atoms with Crippen LogP contribution in [0.3, 0.4) is 0 Å². The Hall–Kier alpha value is -2.70. The third-order valence-corrected chi connectivity index (χ3v) is 5.41. The van der Waals surface area contributed by atoms with E-state index in [1.165, 1.54) is 0 Å². The van der Waals surface area contributed by atoms with Crippen molar-refractivity contribution in [2.45, 2.75) is 25.3 Å². The van der Waals surface area contributed by atoms with Crippen LogP contribution in [0.4, 0.5) is 0 Å². The monoisotopic (exact) mass is 368 g/mol. The third kappa shape index (κ3) is 4.47. The molecule has 5 nitrogen and oxygen atoms in total. The summed E-state index contributed by atoms with van der Waals surface area (Å²) < 4.78 is 33.4. The average molecular weight is 368 g/mol. The lowest BCUT2D eigenvalue weighted by atomic mass is 10.2. The molecule has 1 heterocycles. The minimum atomic E-state index is -3.58. The number of rotatable bonds is 6. The predicted octanol–water partition coefficient (Wildman–Crippen LogP) is 3.97. The van der Waals surface area contributed by atoms with Gasteiger partial charge in [0.25, 0.3) is 0 Å². The Labute approximate surface area is 153 Å². The van der Waals surface area contributed by atoms with Crippen LogP contribution >= 0.6 is 0 Å². The molecule has 0 spiro atoms. The lowest BCUT2D eigenvalue weighted by Crippen LogP contribution is -2.24. The molecule has 0 fully saturated rings. The highest BCUT2D eigenvalue weighted by Crippen LogP contribution is 2.21. The quantitative estimate of drug-likeness (QED) is 0.715. The van der Waals surface area contributed by atoms with Gasteiger partial charge < -0.3 is 4.74 Å². The summed E-state index contributed by atoms with van der Waals surface area (Å²) in [6.45, 7) is 3.90. The number of sulfonamides is 1. The number of benzene rings is 2. The smallest absolute Gasteiger partial charge is 0.241 e. The summed E-state index contributed by atoms with van der Waals surface area (Å²) >= 11 is 0. The molecule has 134 valence electrons. The van der Waals surface area contributed by atoms with Crippen LogP contribution in [-0.4, -0.2) is 13.4 Å². The molecule has 0 radical (unpaired) electrons. The van der Waals surface area contributed by atoms with E-state index < -0.39 is 10.0 Å². The van der Waals surface area contributed by atoms with E-state index in [0.717, 1.165) is 16.7 Å². The lowest BCUT2D eigenvalue weighted by molar-refractivity contribution is 0.462. The largest absolute Gasteiger partial charge is 0.439 e. The third-order valence-electron chi connectivity index (χ3n) is 3.84. The number of aromatic nitrogens is 1. The summed E-state index contributed by atoms with van der Waals surface area (Å²) in [7, 11) is -3.58. The van der Waals surface area contributed by atoms with Crippen molar-refractivity contribution in [1.82, 2.24) is 9.71 Å². The predicted molar refractivity (Wildman–Crippen MR) is 101 cm³/mol. The van der Waals surface area contributed by atoms with E-state index in [9.17, 15) is 8.42 Å². The number of aryl methyl sites for hydroxylation is 2. The first-order valence-corrected chi connectivity index (χ1v) is 9.67. The van der Waals surface area contributed by atoms with E-state index in [0.29, 0.717) is 16.5 Å². The molecule has 0 aliphatic heterocycles. The molecule has 0 aliphatic carbocycles. The zero-order chi connectivity index (χ0) is 18.6. The first kappa shape index (κ1) is 18.1. The SMILES string of the molecule is Cc1ccc(S(=O)(=O)NCc2cccc(Oc3ccccn3)c2)c(C)c1. The number of nitrogens with one attached hydrogen (secondary N) is 1. The first-order chi connectivity index (χ1) is 12.4. The topological polar surface area (TPSA) is 68.3 Å². The molecule has 0 saturated heterocycles. The normalized spacial score (nSPS) is 11.3. The van der Waals surface area contributed by atoms with E-state index in [1.54, 1.807) is 43.5 Å². The Bertz CT molecular complexity index is 1000. The van der Waals surface area contributed by atoms with Gasteiger partial charge in [-0.25, -0.2) is 18.1 Å². The molecule has 3 rings (SSSR count). The zero-order valence-electron chi connectivity index (χ0n) is 14.6.